The van der Waals surface area contributed by atoms with E-state index in [0.29, 0.717) is 23.7 Å². The summed E-state index contributed by atoms with van der Waals surface area (Å²) in [6.07, 6.45) is 3.46. The molecule has 1 N–H and O–H groups in total. The van der Waals surface area contributed by atoms with E-state index in [1.807, 2.05) is 31.2 Å². The highest BCUT2D eigenvalue weighted by atomic mass is 16.1. The minimum absolute atomic E-state index is 0.192. The maximum atomic E-state index is 13.3. The Kier molecular flexibility index (Phi) is 6.65. The van der Waals surface area contributed by atoms with Gasteiger partial charge in [-0.1, -0.05) is 12.0 Å². The van der Waals surface area contributed by atoms with Crippen molar-refractivity contribution in [3.05, 3.63) is 82.0 Å². The third kappa shape index (κ3) is 4.92. The predicted octanol–water partition coefficient (Wildman–Crippen LogP) is 3.41. The average Bonchev–Trinajstić information content (AvgIpc) is 2.89. The maximum Gasteiger partial charge on any atom is 0.268 e. The average molecular weight is 480 g/mol. The number of rotatable bonds is 5. The molecular weight excluding hydrogens is 450 g/mol. The van der Waals surface area contributed by atoms with E-state index in [4.69, 9.17) is 4.98 Å². The Morgan fingerprint density at radius 2 is 1.83 bits per heavy atom. The number of nitrogens with one attached hydrogen (secondary N) is 1. The largest absolute Gasteiger partial charge is 0.369 e. The van der Waals surface area contributed by atoms with Crippen molar-refractivity contribution in [1.29, 1.82) is 0 Å². The van der Waals surface area contributed by atoms with Crippen molar-refractivity contribution in [2.24, 2.45) is 0 Å². The van der Waals surface area contributed by atoms with Gasteiger partial charge in [0, 0.05) is 55.3 Å². The minimum atomic E-state index is -0.192. The van der Waals surface area contributed by atoms with Crippen molar-refractivity contribution in [2.75, 3.05) is 43.4 Å². The van der Waals surface area contributed by atoms with Gasteiger partial charge < -0.3 is 15.1 Å². The van der Waals surface area contributed by atoms with Crippen LogP contribution in [0.5, 0.6) is 0 Å². The minimum Gasteiger partial charge on any atom is -0.369 e. The molecule has 0 unspecified atom stereocenters. The molecule has 36 heavy (non-hydrogen) atoms. The molecule has 1 aliphatic rings. The molecule has 0 spiro atoms. The van der Waals surface area contributed by atoms with E-state index in [-0.39, 0.29) is 5.56 Å². The number of fused-ring (bicyclic) bond motifs is 1. The molecule has 0 atom stereocenters. The van der Waals surface area contributed by atoms with Gasteiger partial charge >= 0.3 is 0 Å². The van der Waals surface area contributed by atoms with E-state index < -0.39 is 0 Å². The fourth-order valence-corrected chi connectivity index (χ4v) is 4.37. The summed E-state index contributed by atoms with van der Waals surface area (Å²) in [5.41, 5.74) is 4.68. The third-order valence-corrected chi connectivity index (χ3v) is 6.50. The highest BCUT2D eigenvalue weighted by Gasteiger charge is 2.15. The molecular formula is C28H29N7O. The molecule has 0 aliphatic carbocycles. The van der Waals surface area contributed by atoms with Crippen molar-refractivity contribution >= 4 is 28.4 Å². The molecule has 0 amide bonds. The van der Waals surface area contributed by atoms with Crippen LogP contribution in [0, 0.1) is 18.8 Å². The second-order valence-corrected chi connectivity index (χ2v) is 9.03. The first-order valence-corrected chi connectivity index (χ1v) is 12.1. The zero-order valence-corrected chi connectivity index (χ0v) is 20.8. The van der Waals surface area contributed by atoms with Crippen LogP contribution in [0.15, 0.2) is 59.7 Å². The van der Waals surface area contributed by atoms with Crippen molar-refractivity contribution < 1.29 is 0 Å². The lowest BCUT2D eigenvalue weighted by atomic mass is 10.2. The smallest absolute Gasteiger partial charge is 0.268 e. The summed E-state index contributed by atoms with van der Waals surface area (Å²) in [5, 5.41) is 4.03. The SMILES string of the molecule is CC#Cc1cc2cnc(Nc3ccc(N4CCN(C)CC4)cc3)nc2n(Cc2ncccc2C)c1=O. The topological polar surface area (TPSA) is 79.2 Å². The van der Waals surface area contributed by atoms with Crippen LogP contribution in [-0.2, 0) is 6.54 Å². The summed E-state index contributed by atoms with van der Waals surface area (Å²) in [7, 11) is 2.16. The molecule has 1 aliphatic heterocycles. The molecule has 8 nitrogen and oxygen atoms in total. The van der Waals surface area contributed by atoms with Crippen LogP contribution in [0.3, 0.4) is 0 Å². The first-order valence-electron chi connectivity index (χ1n) is 12.1. The number of pyridine rings is 2. The van der Waals surface area contributed by atoms with Gasteiger partial charge in [-0.25, -0.2) is 4.98 Å². The molecule has 0 bridgehead atoms. The number of hydrogen-bond donors (Lipinski definition) is 1. The maximum absolute atomic E-state index is 13.3. The van der Waals surface area contributed by atoms with E-state index in [1.54, 1.807) is 30.0 Å². The van der Waals surface area contributed by atoms with Gasteiger partial charge in [0.1, 0.15) is 5.65 Å². The zero-order valence-electron chi connectivity index (χ0n) is 20.8. The van der Waals surface area contributed by atoms with E-state index in [9.17, 15) is 4.79 Å². The third-order valence-electron chi connectivity index (χ3n) is 6.50. The second-order valence-electron chi connectivity index (χ2n) is 9.03. The fraction of sp³-hybridized carbons (Fsp3) is 0.286. The predicted molar refractivity (Wildman–Crippen MR) is 144 cm³/mol. The van der Waals surface area contributed by atoms with Crippen molar-refractivity contribution in [3.8, 4) is 11.8 Å². The Labute approximate surface area is 210 Å². The number of benzene rings is 1. The number of aromatic nitrogens is 4. The van der Waals surface area contributed by atoms with E-state index in [2.05, 4.69) is 56.1 Å². The van der Waals surface area contributed by atoms with Crippen LogP contribution in [0.4, 0.5) is 17.3 Å². The molecule has 0 saturated carbocycles. The summed E-state index contributed by atoms with van der Waals surface area (Å²) in [6, 6.07) is 13.9. The van der Waals surface area contributed by atoms with Crippen LogP contribution < -0.4 is 15.8 Å². The monoisotopic (exact) mass is 479 g/mol. The number of aryl methyl sites for hydroxylation is 1. The van der Waals surface area contributed by atoms with E-state index >= 15 is 0 Å². The lowest BCUT2D eigenvalue weighted by Gasteiger charge is -2.34. The molecule has 182 valence electrons. The van der Waals surface area contributed by atoms with Gasteiger partial charge in [0.15, 0.2) is 0 Å². The van der Waals surface area contributed by atoms with Gasteiger partial charge in [-0.3, -0.25) is 14.3 Å². The molecule has 1 saturated heterocycles. The molecule has 8 heteroatoms. The van der Waals surface area contributed by atoms with Crippen LogP contribution in [0.25, 0.3) is 11.0 Å². The van der Waals surface area contributed by atoms with Crippen molar-refractivity contribution in [2.45, 2.75) is 20.4 Å². The number of piperazine rings is 1. The van der Waals surface area contributed by atoms with Crippen molar-refractivity contribution in [3.63, 3.8) is 0 Å². The van der Waals surface area contributed by atoms with E-state index in [0.717, 1.165) is 48.5 Å². The normalized spacial score (nSPS) is 13.9. The van der Waals surface area contributed by atoms with Gasteiger partial charge in [-0.2, -0.15) is 4.98 Å². The Morgan fingerprint density at radius 1 is 1.06 bits per heavy atom. The summed E-state index contributed by atoms with van der Waals surface area (Å²) >= 11 is 0. The Bertz CT molecular complexity index is 1510. The highest BCUT2D eigenvalue weighted by molar-refractivity contribution is 5.77. The highest BCUT2D eigenvalue weighted by Crippen LogP contribution is 2.22. The molecule has 4 aromatic rings. The Morgan fingerprint density at radius 3 is 2.56 bits per heavy atom. The number of nitrogens with zero attached hydrogens (tertiary/aromatic N) is 6. The second kappa shape index (κ2) is 10.2. The molecule has 5 rings (SSSR count). The number of likely N-dealkylation sites (N-methyl/N-ethyl adjacent to an activating group) is 1. The lowest BCUT2D eigenvalue weighted by Crippen LogP contribution is -2.44. The van der Waals surface area contributed by atoms with Gasteiger partial charge in [0.2, 0.25) is 5.95 Å². The quantitative estimate of drug-likeness (QED) is 0.440. The summed E-state index contributed by atoms with van der Waals surface area (Å²) < 4.78 is 1.63. The molecule has 1 aromatic carbocycles. The summed E-state index contributed by atoms with van der Waals surface area (Å²) in [6.45, 7) is 8.18. The molecule has 1 fully saturated rings. The first kappa shape index (κ1) is 23.5. The molecule has 3 aromatic heterocycles. The molecule has 0 radical (unpaired) electrons. The number of hydrogen-bond acceptors (Lipinski definition) is 7. The van der Waals surface area contributed by atoms with E-state index in [1.165, 1.54) is 5.69 Å². The van der Waals surface area contributed by atoms with Crippen LogP contribution in [-0.4, -0.2) is 57.6 Å². The van der Waals surface area contributed by atoms with Gasteiger partial charge in [-0.15, -0.1) is 5.92 Å². The fourth-order valence-electron chi connectivity index (χ4n) is 4.37. The standard InChI is InChI=1S/C28H29N7O/c1-4-6-21-17-22-18-30-28(31-23-8-10-24(11-9-23)34-15-13-33(3)14-16-34)32-26(22)35(27(21)36)19-25-20(2)7-5-12-29-25/h5,7-12,17-18H,13-16,19H2,1-3H3,(H,30,31,32). The Balaban J connectivity index is 1.47. The van der Waals surface area contributed by atoms with Gasteiger partial charge in [0.05, 0.1) is 17.8 Å². The number of anilines is 3. The first-order chi connectivity index (χ1) is 17.5. The van der Waals surface area contributed by atoms with Crippen LogP contribution in [0.1, 0.15) is 23.7 Å². The summed E-state index contributed by atoms with van der Waals surface area (Å²) in [5.74, 6) is 6.17. The van der Waals surface area contributed by atoms with Gasteiger partial charge in [-0.05, 0) is 62.9 Å². The lowest BCUT2D eigenvalue weighted by molar-refractivity contribution is 0.313. The molecule has 4 heterocycles. The van der Waals surface area contributed by atoms with Gasteiger partial charge in [0.25, 0.3) is 5.56 Å². The summed E-state index contributed by atoms with van der Waals surface area (Å²) in [4.78, 5) is 31.8. The van der Waals surface area contributed by atoms with Crippen LogP contribution in [0.2, 0.25) is 0 Å². The van der Waals surface area contributed by atoms with Crippen molar-refractivity contribution in [1.82, 2.24) is 24.4 Å². The zero-order chi connectivity index (χ0) is 25.1. The Hall–Kier alpha value is -4.22. The van der Waals surface area contributed by atoms with Crippen LogP contribution >= 0.6 is 0 Å².